The zero-order valence-electron chi connectivity index (χ0n) is 11.0. The monoisotopic (exact) mass is 234 g/mol. The molecule has 0 aromatic carbocycles. The fraction of sp³-hybridized carbons (Fsp3) is 0.615. The first kappa shape index (κ1) is 12.2. The molecule has 0 radical (unpaired) electrons. The third-order valence-corrected chi connectivity index (χ3v) is 3.73. The number of pyridine rings is 1. The highest BCUT2D eigenvalue weighted by Gasteiger charge is 2.21. The van der Waals surface area contributed by atoms with Crippen LogP contribution in [0.25, 0.3) is 0 Å². The van der Waals surface area contributed by atoms with Gasteiger partial charge in [-0.25, -0.2) is 4.98 Å². The number of nitrogen functional groups attached to an aromatic ring is 1. The smallest absolute Gasteiger partial charge is 0.128 e. The predicted octanol–water partition coefficient (Wildman–Crippen LogP) is 1.50. The molecule has 0 unspecified atom stereocenters. The summed E-state index contributed by atoms with van der Waals surface area (Å²) in [7, 11) is 4.32. The zero-order chi connectivity index (χ0) is 12.4. The van der Waals surface area contributed by atoms with E-state index in [4.69, 9.17) is 5.73 Å². The van der Waals surface area contributed by atoms with Crippen molar-refractivity contribution in [2.75, 3.05) is 37.8 Å². The van der Waals surface area contributed by atoms with Crippen LogP contribution in [0.3, 0.4) is 0 Å². The summed E-state index contributed by atoms with van der Waals surface area (Å²) >= 11 is 0. The van der Waals surface area contributed by atoms with E-state index in [9.17, 15) is 0 Å². The van der Waals surface area contributed by atoms with Gasteiger partial charge >= 0.3 is 0 Å². The SMILES string of the molecule is Cc1cc(N(C)C2CCN(C)CC2)ncc1N. The fourth-order valence-electron chi connectivity index (χ4n) is 2.31. The highest BCUT2D eigenvalue weighted by atomic mass is 15.2. The molecule has 1 fully saturated rings. The van der Waals surface area contributed by atoms with E-state index in [1.807, 2.05) is 6.92 Å². The van der Waals surface area contributed by atoms with E-state index in [-0.39, 0.29) is 0 Å². The van der Waals surface area contributed by atoms with Gasteiger partial charge in [0.05, 0.1) is 11.9 Å². The van der Waals surface area contributed by atoms with Crippen molar-refractivity contribution in [2.45, 2.75) is 25.8 Å². The van der Waals surface area contributed by atoms with Crippen LogP contribution in [0.1, 0.15) is 18.4 Å². The van der Waals surface area contributed by atoms with E-state index in [2.05, 4.69) is 34.9 Å². The second-order valence-corrected chi connectivity index (χ2v) is 5.04. The molecule has 0 aliphatic carbocycles. The first-order chi connectivity index (χ1) is 8.08. The lowest BCUT2D eigenvalue weighted by molar-refractivity contribution is 0.252. The minimum atomic E-state index is 0.599. The largest absolute Gasteiger partial charge is 0.397 e. The summed E-state index contributed by atoms with van der Waals surface area (Å²) in [6.07, 6.45) is 4.17. The molecule has 0 bridgehead atoms. The van der Waals surface area contributed by atoms with Crippen molar-refractivity contribution in [3.05, 3.63) is 17.8 Å². The van der Waals surface area contributed by atoms with E-state index in [1.165, 1.54) is 25.9 Å². The Balaban J connectivity index is 2.08. The Labute approximate surface area is 103 Å². The molecule has 0 spiro atoms. The van der Waals surface area contributed by atoms with Gasteiger partial charge in [0.25, 0.3) is 0 Å². The van der Waals surface area contributed by atoms with Gasteiger partial charge in [-0.15, -0.1) is 0 Å². The summed E-state index contributed by atoms with van der Waals surface area (Å²) in [5.41, 5.74) is 7.67. The summed E-state index contributed by atoms with van der Waals surface area (Å²) in [5, 5.41) is 0. The van der Waals surface area contributed by atoms with E-state index < -0.39 is 0 Å². The van der Waals surface area contributed by atoms with Crippen LogP contribution in [0.15, 0.2) is 12.3 Å². The highest BCUT2D eigenvalue weighted by Crippen LogP contribution is 2.22. The molecule has 17 heavy (non-hydrogen) atoms. The van der Waals surface area contributed by atoms with Crippen LogP contribution in [0.5, 0.6) is 0 Å². The highest BCUT2D eigenvalue weighted by molar-refractivity contribution is 5.52. The molecular formula is C13H22N4. The quantitative estimate of drug-likeness (QED) is 0.842. The number of rotatable bonds is 2. The molecule has 1 saturated heterocycles. The van der Waals surface area contributed by atoms with E-state index in [0.29, 0.717) is 6.04 Å². The number of anilines is 2. The molecule has 0 saturated carbocycles. The first-order valence-corrected chi connectivity index (χ1v) is 6.21. The van der Waals surface area contributed by atoms with Crippen LogP contribution in [0.4, 0.5) is 11.5 Å². The molecule has 1 aliphatic heterocycles. The van der Waals surface area contributed by atoms with E-state index in [1.54, 1.807) is 6.20 Å². The lowest BCUT2D eigenvalue weighted by Crippen LogP contribution is -2.42. The maximum absolute atomic E-state index is 5.80. The van der Waals surface area contributed by atoms with Crippen LogP contribution in [0.2, 0.25) is 0 Å². The van der Waals surface area contributed by atoms with Gasteiger partial charge in [-0.05, 0) is 51.5 Å². The van der Waals surface area contributed by atoms with Crippen LogP contribution in [-0.2, 0) is 0 Å². The maximum Gasteiger partial charge on any atom is 0.128 e. The summed E-state index contributed by atoms with van der Waals surface area (Å²) in [4.78, 5) is 9.09. The average Bonchev–Trinajstić information content (AvgIpc) is 2.33. The molecule has 2 rings (SSSR count). The van der Waals surface area contributed by atoms with Gasteiger partial charge in [-0.2, -0.15) is 0 Å². The number of nitrogens with two attached hydrogens (primary N) is 1. The third kappa shape index (κ3) is 2.69. The van der Waals surface area contributed by atoms with Gasteiger partial charge in [0.2, 0.25) is 0 Å². The Kier molecular flexibility index (Phi) is 3.52. The van der Waals surface area contributed by atoms with E-state index >= 15 is 0 Å². The van der Waals surface area contributed by atoms with Gasteiger partial charge in [0, 0.05) is 13.1 Å². The summed E-state index contributed by atoms with van der Waals surface area (Å²) in [5.74, 6) is 1.03. The number of nitrogens with zero attached hydrogens (tertiary/aromatic N) is 3. The number of aromatic nitrogens is 1. The average molecular weight is 234 g/mol. The van der Waals surface area contributed by atoms with Crippen molar-refractivity contribution >= 4 is 11.5 Å². The van der Waals surface area contributed by atoms with Crippen LogP contribution < -0.4 is 10.6 Å². The van der Waals surface area contributed by atoms with Crippen LogP contribution in [0, 0.1) is 6.92 Å². The lowest BCUT2D eigenvalue weighted by Gasteiger charge is -2.35. The van der Waals surface area contributed by atoms with Gasteiger partial charge in [0.15, 0.2) is 0 Å². The Morgan fingerprint density at radius 2 is 2.06 bits per heavy atom. The zero-order valence-corrected chi connectivity index (χ0v) is 11.0. The Hall–Kier alpha value is -1.29. The Bertz CT molecular complexity index is 383. The Morgan fingerprint density at radius 1 is 1.41 bits per heavy atom. The molecule has 2 heterocycles. The molecule has 1 aromatic heterocycles. The number of likely N-dealkylation sites (tertiary alicyclic amines) is 1. The Morgan fingerprint density at radius 3 is 2.65 bits per heavy atom. The van der Waals surface area contributed by atoms with Crippen molar-refractivity contribution in [1.82, 2.24) is 9.88 Å². The second-order valence-electron chi connectivity index (χ2n) is 5.04. The van der Waals surface area contributed by atoms with Gasteiger partial charge in [-0.1, -0.05) is 0 Å². The topological polar surface area (TPSA) is 45.4 Å². The second kappa shape index (κ2) is 4.92. The van der Waals surface area contributed by atoms with Crippen molar-refractivity contribution in [3.63, 3.8) is 0 Å². The molecule has 0 amide bonds. The molecule has 1 aromatic rings. The normalized spacial score (nSPS) is 18.3. The number of hydrogen-bond acceptors (Lipinski definition) is 4. The summed E-state index contributed by atoms with van der Waals surface area (Å²) in [6.45, 7) is 4.37. The third-order valence-electron chi connectivity index (χ3n) is 3.73. The van der Waals surface area contributed by atoms with Crippen molar-refractivity contribution in [3.8, 4) is 0 Å². The fourth-order valence-corrected chi connectivity index (χ4v) is 2.31. The maximum atomic E-state index is 5.80. The number of aryl methyl sites for hydroxylation is 1. The van der Waals surface area contributed by atoms with Crippen LogP contribution in [-0.4, -0.2) is 43.1 Å². The molecule has 4 heteroatoms. The van der Waals surface area contributed by atoms with Crippen molar-refractivity contribution in [2.24, 2.45) is 0 Å². The number of piperidine rings is 1. The van der Waals surface area contributed by atoms with Gasteiger partial charge in [-0.3, -0.25) is 0 Å². The first-order valence-electron chi connectivity index (χ1n) is 6.21. The standard InChI is InChI=1S/C13H22N4/c1-10-8-13(15-9-12(10)14)17(3)11-4-6-16(2)7-5-11/h8-9,11H,4-7,14H2,1-3H3. The molecule has 0 atom stereocenters. The predicted molar refractivity (Wildman–Crippen MR) is 72.3 cm³/mol. The molecule has 1 aliphatic rings. The van der Waals surface area contributed by atoms with Crippen molar-refractivity contribution < 1.29 is 0 Å². The molecule has 4 nitrogen and oxygen atoms in total. The van der Waals surface area contributed by atoms with Gasteiger partial charge < -0.3 is 15.5 Å². The minimum Gasteiger partial charge on any atom is -0.397 e. The van der Waals surface area contributed by atoms with Crippen LogP contribution >= 0.6 is 0 Å². The van der Waals surface area contributed by atoms with Crippen molar-refractivity contribution in [1.29, 1.82) is 0 Å². The molecule has 94 valence electrons. The lowest BCUT2D eigenvalue weighted by atomic mass is 10.0. The summed E-state index contributed by atoms with van der Waals surface area (Å²) < 4.78 is 0. The summed E-state index contributed by atoms with van der Waals surface area (Å²) in [6, 6.07) is 2.68. The minimum absolute atomic E-state index is 0.599. The molecular weight excluding hydrogens is 212 g/mol. The van der Waals surface area contributed by atoms with Gasteiger partial charge in [0.1, 0.15) is 5.82 Å². The van der Waals surface area contributed by atoms with E-state index in [0.717, 1.165) is 17.1 Å². The number of hydrogen-bond donors (Lipinski definition) is 1. The molecule has 2 N–H and O–H groups in total.